The molecule has 4 nitrogen and oxygen atoms in total. The highest BCUT2D eigenvalue weighted by Gasteiger charge is 2.38. The summed E-state index contributed by atoms with van der Waals surface area (Å²) in [5.41, 5.74) is 5.55. The fourth-order valence-electron chi connectivity index (χ4n) is 3.79. The third kappa shape index (κ3) is 3.75. The first-order valence-corrected chi connectivity index (χ1v) is 8.73. The van der Waals surface area contributed by atoms with Crippen molar-refractivity contribution in [2.45, 2.75) is 56.7 Å². The number of hydrogen-bond acceptors (Lipinski definition) is 3. The lowest BCUT2D eigenvalue weighted by Gasteiger charge is -2.35. The van der Waals surface area contributed by atoms with Crippen LogP contribution in [0.25, 0.3) is 0 Å². The zero-order chi connectivity index (χ0) is 17.2. The minimum Gasteiger partial charge on any atom is -0.350 e. The number of nitrogens with zero attached hydrogens (tertiary/aromatic N) is 1. The average molecular weight is 337 g/mol. The van der Waals surface area contributed by atoms with Gasteiger partial charge in [-0.2, -0.15) is 0 Å². The van der Waals surface area contributed by atoms with Crippen molar-refractivity contribution >= 4 is 5.91 Å². The topological polar surface area (TPSA) is 58.4 Å². The predicted molar refractivity (Wildman–Crippen MR) is 88.2 cm³/mol. The Balaban J connectivity index is 1.59. The molecule has 2 fully saturated rings. The molecule has 1 heterocycles. The summed E-state index contributed by atoms with van der Waals surface area (Å²) in [6, 6.07) is 3.91. The summed E-state index contributed by atoms with van der Waals surface area (Å²) in [6.07, 6.45) is 5.21. The molecule has 132 valence electrons. The van der Waals surface area contributed by atoms with E-state index in [2.05, 4.69) is 5.32 Å². The van der Waals surface area contributed by atoms with Crippen LogP contribution in [-0.2, 0) is 11.3 Å². The third-order valence-corrected chi connectivity index (χ3v) is 5.23. The highest BCUT2D eigenvalue weighted by atomic mass is 19.1. The van der Waals surface area contributed by atoms with E-state index in [1.807, 2.05) is 4.90 Å². The molecule has 3 N–H and O–H groups in total. The molecule has 24 heavy (non-hydrogen) atoms. The summed E-state index contributed by atoms with van der Waals surface area (Å²) >= 11 is 0. The molecule has 0 radical (unpaired) electrons. The average Bonchev–Trinajstić information content (AvgIpc) is 3.00. The summed E-state index contributed by atoms with van der Waals surface area (Å²) in [4.78, 5) is 14.4. The minimum absolute atomic E-state index is 0.0119. The second-order valence-electron chi connectivity index (χ2n) is 7.11. The minimum atomic E-state index is -0.736. The van der Waals surface area contributed by atoms with Crippen LogP contribution in [0.5, 0.6) is 0 Å². The molecule has 6 heteroatoms. The highest BCUT2D eigenvalue weighted by Crippen LogP contribution is 2.28. The zero-order valence-electron chi connectivity index (χ0n) is 13.9. The van der Waals surface area contributed by atoms with Gasteiger partial charge in [-0.1, -0.05) is 18.9 Å². The van der Waals surface area contributed by atoms with Crippen LogP contribution in [0.2, 0.25) is 0 Å². The van der Waals surface area contributed by atoms with E-state index in [9.17, 15) is 13.6 Å². The molecule has 1 aliphatic carbocycles. The number of hydrogen-bond donors (Lipinski definition) is 2. The molecule has 0 spiro atoms. The van der Waals surface area contributed by atoms with Crippen LogP contribution in [0.1, 0.15) is 44.1 Å². The Labute approximate surface area is 141 Å². The molecule has 1 aromatic carbocycles. The summed E-state index contributed by atoms with van der Waals surface area (Å²) in [6.45, 7) is 1.59. The normalized spacial score (nSPS) is 24.0. The molecular weight excluding hydrogens is 312 g/mol. The van der Waals surface area contributed by atoms with E-state index in [0.29, 0.717) is 6.54 Å². The number of halogens is 2. The molecule has 1 saturated heterocycles. The van der Waals surface area contributed by atoms with E-state index in [1.54, 1.807) is 0 Å². The Morgan fingerprint density at radius 2 is 1.92 bits per heavy atom. The monoisotopic (exact) mass is 337 g/mol. The molecule has 1 unspecified atom stereocenters. The Kier molecular flexibility index (Phi) is 5.15. The number of nitrogens with one attached hydrogen (secondary N) is 1. The van der Waals surface area contributed by atoms with Crippen molar-refractivity contribution < 1.29 is 13.6 Å². The number of amides is 1. The van der Waals surface area contributed by atoms with Crippen LogP contribution in [0.15, 0.2) is 18.2 Å². The predicted octanol–water partition coefficient (Wildman–Crippen LogP) is 2.32. The summed E-state index contributed by atoms with van der Waals surface area (Å²) in [5.74, 6) is -1.12. The lowest BCUT2D eigenvalue weighted by molar-refractivity contribution is -0.127. The van der Waals surface area contributed by atoms with Gasteiger partial charge >= 0.3 is 0 Å². The van der Waals surface area contributed by atoms with Gasteiger partial charge in [0, 0.05) is 24.7 Å². The molecule has 0 bridgehead atoms. The van der Waals surface area contributed by atoms with Crippen molar-refractivity contribution in [3.8, 4) is 0 Å². The van der Waals surface area contributed by atoms with Crippen molar-refractivity contribution in [3.05, 3.63) is 35.4 Å². The summed E-state index contributed by atoms with van der Waals surface area (Å²) in [7, 11) is 0. The van der Waals surface area contributed by atoms with E-state index in [4.69, 9.17) is 5.73 Å². The van der Waals surface area contributed by atoms with Gasteiger partial charge in [0.1, 0.15) is 11.6 Å². The Morgan fingerprint density at radius 3 is 2.58 bits per heavy atom. The van der Waals surface area contributed by atoms with Gasteiger partial charge < -0.3 is 11.1 Å². The van der Waals surface area contributed by atoms with Crippen molar-refractivity contribution in [2.75, 3.05) is 13.1 Å². The van der Waals surface area contributed by atoms with Gasteiger partial charge in [-0.05, 0) is 44.4 Å². The SMILES string of the molecule is NC1(C(=O)NC2CCCN(Cc3c(F)cccc3F)C2)CCCC1. The van der Waals surface area contributed by atoms with Crippen molar-refractivity contribution in [1.29, 1.82) is 0 Å². The van der Waals surface area contributed by atoms with Crippen LogP contribution >= 0.6 is 0 Å². The van der Waals surface area contributed by atoms with Gasteiger partial charge in [0.25, 0.3) is 0 Å². The van der Waals surface area contributed by atoms with Gasteiger partial charge in [0.2, 0.25) is 5.91 Å². The smallest absolute Gasteiger partial charge is 0.240 e. The van der Waals surface area contributed by atoms with Crippen molar-refractivity contribution in [1.82, 2.24) is 10.2 Å². The number of benzene rings is 1. The van der Waals surface area contributed by atoms with Crippen molar-refractivity contribution in [2.24, 2.45) is 5.73 Å². The van der Waals surface area contributed by atoms with Gasteiger partial charge in [0.15, 0.2) is 0 Å². The highest BCUT2D eigenvalue weighted by molar-refractivity contribution is 5.86. The lowest BCUT2D eigenvalue weighted by Crippen LogP contribution is -2.57. The lowest BCUT2D eigenvalue weighted by atomic mass is 9.96. The van der Waals surface area contributed by atoms with Crippen molar-refractivity contribution in [3.63, 3.8) is 0 Å². The van der Waals surface area contributed by atoms with E-state index in [1.165, 1.54) is 18.2 Å². The van der Waals surface area contributed by atoms with E-state index < -0.39 is 17.2 Å². The van der Waals surface area contributed by atoms with Gasteiger partial charge in [-0.3, -0.25) is 9.69 Å². The molecule has 1 atom stereocenters. The largest absolute Gasteiger partial charge is 0.350 e. The summed E-state index contributed by atoms with van der Waals surface area (Å²) in [5, 5.41) is 3.05. The molecule has 3 rings (SSSR count). The number of likely N-dealkylation sites (tertiary alicyclic amines) is 1. The van der Waals surface area contributed by atoms with Gasteiger partial charge in [0.05, 0.1) is 5.54 Å². The molecular formula is C18H25F2N3O. The first-order chi connectivity index (χ1) is 11.5. The fourth-order valence-corrected chi connectivity index (χ4v) is 3.79. The third-order valence-electron chi connectivity index (χ3n) is 5.23. The number of piperidine rings is 1. The second kappa shape index (κ2) is 7.15. The number of rotatable bonds is 4. The number of carbonyl (C=O) groups excluding carboxylic acids is 1. The van der Waals surface area contributed by atoms with Crippen LogP contribution in [0.4, 0.5) is 8.78 Å². The van der Waals surface area contributed by atoms with Gasteiger partial charge in [-0.25, -0.2) is 8.78 Å². The quantitative estimate of drug-likeness (QED) is 0.886. The maximum Gasteiger partial charge on any atom is 0.240 e. The zero-order valence-corrected chi connectivity index (χ0v) is 13.9. The second-order valence-corrected chi connectivity index (χ2v) is 7.11. The van der Waals surface area contributed by atoms with Gasteiger partial charge in [-0.15, -0.1) is 0 Å². The Morgan fingerprint density at radius 1 is 1.25 bits per heavy atom. The fraction of sp³-hybridized carbons (Fsp3) is 0.611. The van der Waals surface area contributed by atoms with Crippen LogP contribution in [0, 0.1) is 11.6 Å². The molecule has 2 aliphatic rings. The first kappa shape index (κ1) is 17.3. The van der Waals surface area contributed by atoms with E-state index >= 15 is 0 Å². The Bertz CT molecular complexity index is 582. The van der Waals surface area contributed by atoms with Crippen LogP contribution in [-0.4, -0.2) is 35.5 Å². The molecule has 1 amide bonds. The maximum absolute atomic E-state index is 13.8. The molecule has 1 saturated carbocycles. The number of carbonyl (C=O) groups is 1. The molecule has 0 aromatic heterocycles. The van der Waals surface area contributed by atoms with Crippen LogP contribution in [0.3, 0.4) is 0 Å². The van der Waals surface area contributed by atoms with E-state index in [0.717, 1.165) is 45.1 Å². The summed E-state index contributed by atoms with van der Waals surface area (Å²) < 4.78 is 27.6. The number of nitrogens with two attached hydrogens (primary N) is 1. The Hall–Kier alpha value is -1.53. The van der Waals surface area contributed by atoms with Crippen LogP contribution < -0.4 is 11.1 Å². The first-order valence-electron chi connectivity index (χ1n) is 8.73. The molecule has 1 aliphatic heterocycles. The molecule has 1 aromatic rings. The van der Waals surface area contributed by atoms with E-state index in [-0.39, 0.29) is 24.1 Å². The standard InChI is InChI=1S/C18H25F2N3O/c19-15-6-3-7-16(20)14(15)12-23-10-4-5-13(11-23)22-17(24)18(21)8-1-2-9-18/h3,6-7,13H,1-2,4-5,8-12,21H2,(H,22,24). The maximum atomic E-state index is 13.8.